The van der Waals surface area contributed by atoms with Gasteiger partial charge in [-0.25, -0.2) is 0 Å². The lowest BCUT2D eigenvalue weighted by Gasteiger charge is -2.28. The minimum atomic E-state index is 0.619. The van der Waals surface area contributed by atoms with E-state index in [0.29, 0.717) is 17.9 Å². The second kappa shape index (κ2) is 8.32. The summed E-state index contributed by atoms with van der Waals surface area (Å²) < 4.78 is 16.7. The molecule has 0 aromatic heterocycles. The van der Waals surface area contributed by atoms with E-state index in [9.17, 15) is 0 Å². The maximum Gasteiger partial charge on any atom is 0.0992 e. The molecule has 2 unspecified atom stereocenters. The van der Waals surface area contributed by atoms with Gasteiger partial charge in [0.2, 0.25) is 0 Å². The monoisotopic (exact) mass is 285 g/mol. The summed E-state index contributed by atoms with van der Waals surface area (Å²) in [5.41, 5.74) is 0. The van der Waals surface area contributed by atoms with Gasteiger partial charge in [-0.05, 0) is 43.9 Å². The third kappa shape index (κ3) is 4.69. The first kappa shape index (κ1) is 16.2. The van der Waals surface area contributed by atoms with Crippen molar-refractivity contribution in [3.05, 3.63) is 0 Å². The van der Waals surface area contributed by atoms with E-state index in [0.717, 1.165) is 45.6 Å². The van der Waals surface area contributed by atoms with E-state index in [2.05, 4.69) is 18.7 Å². The molecule has 118 valence electrons. The minimum Gasteiger partial charge on any atom is -0.384 e. The Balaban J connectivity index is 1.62. The molecule has 4 nitrogen and oxygen atoms in total. The van der Waals surface area contributed by atoms with E-state index in [1.54, 1.807) is 7.11 Å². The van der Waals surface area contributed by atoms with Gasteiger partial charge in [0.05, 0.1) is 19.9 Å². The van der Waals surface area contributed by atoms with Crippen LogP contribution in [-0.2, 0) is 14.2 Å². The van der Waals surface area contributed by atoms with Gasteiger partial charge >= 0.3 is 0 Å². The van der Waals surface area contributed by atoms with Gasteiger partial charge in [-0.15, -0.1) is 0 Å². The fourth-order valence-electron chi connectivity index (χ4n) is 3.53. The molecular weight excluding hydrogens is 254 g/mol. The highest BCUT2D eigenvalue weighted by Crippen LogP contribution is 2.25. The summed E-state index contributed by atoms with van der Waals surface area (Å²) in [6, 6.07) is 0.619. The second-order valence-corrected chi connectivity index (χ2v) is 6.60. The molecule has 2 aliphatic heterocycles. The Labute approximate surface area is 123 Å². The van der Waals surface area contributed by atoms with Crippen LogP contribution in [0.5, 0.6) is 0 Å². The van der Waals surface area contributed by atoms with Crippen LogP contribution in [-0.4, -0.2) is 57.8 Å². The molecule has 0 aliphatic carbocycles. The van der Waals surface area contributed by atoms with Crippen LogP contribution in [0.1, 0.15) is 33.1 Å². The summed E-state index contributed by atoms with van der Waals surface area (Å²) in [4.78, 5) is 2.44. The summed E-state index contributed by atoms with van der Waals surface area (Å²) in [5, 5.41) is 0. The van der Waals surface area contributed by atoms with Gasteiger partial charge in [-0.3, -0.25) is 4.90 Å². The summed E-state index contributed by atoms with van der Waals surface area (Å²) in [6.07, 6.45) is 3.62. The van der Waals surface area contributed by atoms with E-state index in [-0.39, 0.29) is 0 Å². The van der Waals surface area contributed by atoms with Gasteiger partial charge in [0.15, 0.2) is 0 Å². The Hall–Kier alpha value is -0.160. The molecular formula is C16H31NO3. The first-order chi connectivity index (χ1) is 9.70. The molecule has 0 N–H and O–H groups in total. The van der Waals surface area contributed by atoms with Gasteiger partial charge in [0.25, 0.3) is 0 Å². The summed E-state index contributed by atoms with van der Waals surface area (Å²) in [7, 11) is 1.79. The average Bonchev–Trinajstić information content (AvgIpc) is 2.80. The highest BCUT2D eigenvalue weighted by atomic mass is 16.5. The number of likely N-dealkylation sites (tertiary alicyclic amines) is 1. The van der Waals surface area contributed by atoms with Gasteiger partial charge < -0.3 is 14.2 Å². The molecule has 20 heavy (non-hydrogen) atoms. The molecule has 0 bridgehead atoms. The molecule has 3 atom stereocenters. The highest BCUT2D eigenvalue weighted by molar-refractivity contribution is 4.80. The third-order valence-electron chi connectivity index (χ3n) is 4.90. The van der Waals surface area contributed by atoms with Crippen LogP contribution in [0, 0.1) is 17.8 Å². The zero-order valence-electron chi connectivity index (χ0n) is 13.3. The molecule has 2 saturated heterocycles. The lowest BCUT2D eigenvalue weighted by Crippen LogP contribution is -2.32. The second-order valence-electron chi connectivity index (χ2n) is 6.60. The molecule has 4 heteroatoms. The van der Waals surface area contributed by atoms with Crippen molar-refractivity contribution < 1.29 is 14.2 Å². The van der Waals surface area contributed by atoms with Crippen LogP contribution in [0.4, 0.5) is 0 Å². The summed E-state index contributed by atoms with van der Waals surface area (Å²) in [5.74, 6) is 2.10. The summed E-state index contributed by atoms with van der Waals surface area (Å²) in [6.45, 7) is 10.1. The molecule has 0 spiro atoms. The average molecular weight is 285 g/mol. The van der Waals surface area contributed by atoms with Crippen LogP contribution < -0.4 is 0 Å². The van der Waals surface area contributed by atoms with Crippen molar-refractivity contribution in [1.29, 1.82) is 0 Å². The number of ether oxygens (including phenoxy) is 3. The van der Waals surface area contributed by atoms with E-state index in [1.165, 1.54) is 19.3 Å². The molecule has 0 radical (unpaired) electrons. The maximum absolute atomic E-state index is 5.97. The Morgan fingerprint density at radius 3 is 2.75 bits per heavy atom. The number of hydrogen-bond acceptors (Lipinski definition) is 4. The van der Waals surface area contributed by atoms with Crippen molar-refractivity contribution in [2.75, 3.05) is 46.8 Å². The standard InChI is InChI=1S/C16H31NO3/c1-13(16-4-6-19-7-5-16)10-20-12-17-9-15(11-18-3)8-14(17)2/h13-16H,4-12H2,1-3H3/t13?,14-,15?/m1/s1. The lowest BCUT2D eigenvalue weighted by molar-refractivity contribution is -0.0181. The molecule has 0 saturated carbocycles. The lowest BCUT2D eigenvalue weighted by atomic mass is 9.88. The number of rotatable bonds is 7. The first-order valence-electron chi connectivity index (χ1n) is 8.09. The fraction of sp³-hybridized carbons (Fsp3) is 1.00. The maximum atomic E-state index is 5.97. The molecule has 2 rings (SSSR count). The van der Waals surface area contributed by atoms with Gasteiger partial charge in [0.1, 0.15) is 0 Å². The molecule has 0 amide bonds. The van der Waals surface area contributed by atoms with Crippen LogP contribution in [0.25, 0.3) is 0 Å². The van der Waals surface area contributed by atoms with Crippen molar-refractivity contribution in [2.45, 2.75) is 39.2 Å². The Morgan fingerprint density at radius 1 is 1.30 bits per heavy atom. The van der Waals surface area contributed by atoms with Crippen LogP contribution >= 0.6 is 0 Å². The van der Waals surface area contributed by atoms with Crippen LogP contribution in [0.15, 0.2) is 0 Å². The van der Waals surface area contributed by atoms with E-state index in [4.69, 9.17) is 14.2 Å². The van der Waals surface area contributed by atoms with Crippen molar-refractivity contribution in [1.82, 2.24) is 4.90 Å². The van der Waals surface area contributed by atoms with E-state index >= 15 is 0 Å². The third-order valence-corrected chi connectivity index (χ3v) is 4.90. The number of hydrogen-bond donors (Lipinski definition) is 0. The normalized spacial score (nSPS) is 30.8. The molecule has 0 aromatic rings. The quantitative estimate of drug-likeness (QED) is 0.718. The zero-order valence-corrected chi connectivity index (χ0v) is 13.3. The van der Waals surface area contributed by atoms with Gasteiger partial charge in [-0.1, -0.05) is 6.92 Å². The topological polar surface area (TPSA) is 30.9 Å². The number of nitrogens with zero attached hydrogens (tertiary/aromatic N) is 1. The summed E-state index contributed by atoms with van der Waals surface area (Å²) >= 11 is 0. The van der Waals surface area contributed by atoms with E-state index < -0.39 is 0 Å². The van der Waals surface area contributed by atoms with Crippen molar-refractivity contribution >= 4 is 0 Å². The predicted octanol–water partition coefficient (Wildman–Crippen LogP) is 2.38. The number of methoxy groups -OCH3 is 1. The smallest absolute Gasteiger partial charge is 0.0992 e. The van der Waals surface area contributed by atoms with E-state index in [1.807, 2.05) is 0 Å². The van der Waals surface area contributed by atoms with Crippen molar-refractivity contribution in [3.8, 4) is 0 Å². The van der Waals surface area contributed by atoms with Crippen LogP contribution in [0.3, 0.4) is 0 Å². The van der Waals surface area contributed by atoms with Gasteiger partial charge in [0, 0.05) is 32.9 Å². The largest absolute Gasteiger partial charge is 0.384 e. The highest BCUT2D eigenvalue weighted by Gasteiger charge is 2.29. The molecule has 2 aliphatic rings. The Kier molecular flexibility index (Phi) is 6.75. The van der Waals surface area contributed by atoms with Crippen molar-refractivity contribution in [2.24, 2.45) is 17.8 Å². The van der Waals surface area contributed by atoms with Gasteiger partial charge in [-0.2, -0.15) is 0 Å². The van der Waals surface area contributed by atoms with Crippen molar-refractivity contribution in [3.63, 3.8) is 0 Å². The molecule has 2 heterocycles. The van der Waals surface area contributed by atoms with Crippen LogP contribution in [0.2, 0.25) is 0 Å². The SMILES string of the molecule is COCC1C[C@@H](C)N(COCC(C)C2CCOCC2)C1. The zero-order chi connectivity index (χ0) is 14.4. The molecule has 2 fully saturated rings. The predicted molar refractivity (Wildman–Crippen MR) is 79.7 cm³/mol. The fourth-order valence-corrected chi connectivity index (χ4v) is 3.53. The minimum absolute atomic E-state index is 0.619. The molecule has 0 aromatic carbocycles. The Morgan fingerprint density at radius 2 is 2.05 bits per heavy atom. The Bertz CT molecular complexity index is 268. The first-order valence-corrected chi connectivity index (χ1v) is 8.09.